The van der Waals surface area contributed by atoms with Gasteiger partial charge in [0.15, 0.2) is 0 Å². The first kappa shape index (κ1) is 9.87. The monoisotopic (exact) mass is 209 g/mol. The Balaban J connectivity index is 1.95. The fourth-order valence-electron chi connectivity index (χ4n) is 1.81. The number of nitrogens with one attached hydrogen (secondary N) is 1. The van der Waals surface area contributed by atoms with Crippen LogP contribution in [-0.2, 0) is 11.0 Å². The van der Waals surface area contributed by atoms with Gasteiger partial charge in [0, 0.05) is 6.04 Å². The van der Waals surface area contributed by atoms with E-state index < -0.39 is 11.0 Å². The number of hydrogen-bond acceptors (Lipinski definition) is 1. The Kier molecular flexibility index (Phi) is 3.32. The Labute approximate surface area is 87.3 Å². The molecule has 1 aromatic rings. The summed E-state index contributed by atoms with van der Waals surface area (Å²) in [5.41, 5.74) is 0. The fraction of sp³-hybridized carbons (Fsp3) is 0.455. The lowest BCUT2D eigenvalue weighted by molar-refractivity contribution is 0.617. The van der Waals surface area contributed by atoms with Gasteiger partial charge < -0.3 is 0 Å². The van der Waals surface area contributed by atoms with Crippen LogP contribution in [0.2, 0.25) is 0 Å². The summed E-state index contributed by atoms with van der Waals surface area (Å²) in [5.74, 6) is 0. The first-order chi connectivity index (χ1) is 6.86. The van der Waals surface area contributed by atoms with E-state index in [1.54, 1.807) is 0 Å². The van der Waals surface area contributed by atoms with Crippen molar-refractivity contribution in [3.8, 4) is 0 Å². The second kappa shape index (κ2) is 4.71. The summed E-state index contributed by atoms with van der Waals surface area (Å²) in [5, 5.41) is 0. The molecule has 2 nitrogen and oxygen atoms in total. The number of rotatable bonds is 3. The maximum Gasteiger partial charge on any atom is 0.125 e. The maximum absolute atomic E-state index is 11.8. The molecule has 3 heteroatoms. The molecular weight excluding hydrogens is 194 g/mol. The lowest BCUT2D eigenvalue weighted by Crippen LogP contribution is -2.27. The molecule has 0 spiro atoms. The highest BCUT2D eigenvalue weighted by molar-refractivity contribution is 7.83. The zero-order chi connectivity index (χ0) is 9.80. The van der Waals surface area contributed by atoms with Crippen LogP contribution in [0, 0.1) is 0 Å². The lowest BCUT2D eigenvalue weighted by atomic mass is 10.3. The molecule has 1 unspecified atom stereocenters. The average molecular weight is 209 g/mol. The third-order valence-corrected chi connectivity index (χ3v) is 3.83. The molecule has 0 aromatic heterocycles. The van der Waals surface area contributed by atoms with E-state index in [1.807, 2.05) is 30.3 Å². The van der Waals surface area contributed by atoms with E-state index in [9.17, 15) is 4.21 Å². The van der Waals surface area contributed by atoms with Crippen LogP contribution in [0.5, 0.6) is 0 Å². The molecule has 14 heavy (non-hydrogen) atoms. The molecule has 1 fully saturated rings. The first-order valence-electron chi connectivity index (χ1n) is 5.09. The van der Waals surface area contributed by atoms with Gasteiger partial charge in [0.25, 0.3) is 0 Å². The van der Waals surface area contributed by atoms with E-state index in [0.717, 1.165) is 4.90 Å². The van der Waals surface area contributed by atoms with Gasteiger partial charge in [0.1, 0.15) is 11.0 Å². The predicted molar refractivity (Wildman–Crippen MR) is 58.2 cm³/mol. The van der Waals surface area contributed by atoms with Gasteiger partial charge >= 0.3 is 0 Å². The van der Waals surface area contributed by atoms with Crippen molar-refractivity contribution in [3.63, 3.8) is 0 Å². The fourth-order valence-corrected chi connectivity index (χ4v) is 2.89. The second-order valence-electron chi connectivity index (χ2n) is 3.68. The summed E-state index contributed by atoms with van der Waals surface area (Å²) in [7, 11) is -1.02. The van der Waals surface area contributed by atoms with Crippen molar-refractivity contribution in [2.45, 2.75) is 36.6 Å². The van der Waals surface area contributed by atoms with Gasteiger partial charge in [0.05, 0.1) is 4.90 Å². The van der Waals surface area contributed by atoms with Crippen molar-refractivity contribution in [1.29, 1.82) is 0 Å². The van der Waals surface area contributed by atoms with E-state index in [-0.39, 0.29) is 0 Å². The smallest absolute Gasteiger partial charge is 0.125 e. The van der Waals surface area contributed by atoms with Gasteiger partial charge in [-0.25, -0.2) is 8.93 Å². The minimum absolute atomic E-state index is 0.455. The molecule has 1 aliphatic rings. The summed E-state index contributed by atoms with van der Waals surface area (Å²) in [4.78, 5) is 0.874. The average Bonchev–Trinajstić information content (AvgIpc) is 2.72. The van der Waals surface area contributed by atoms with Crippen LogP contribution in [0.4, 0.5) is 0 Å². The van der Waals surface area contributed by atoms with Crippen molar-refractivity contribution in [1.82, 2.24) is 4.72 Å². The lowest BCUT2D eigenvalue weighted by Gasteiger charge is -2.10. The summed E-state index contributed by atoms with van der Waals surface area (Å²) in [6.45, 7) is 0. The Morgan fingerprint density at radius 2 is 1.79 bits per heavy atom. The molecule has 0 bridgehead atoms. The molecular formula is C11H15NOS. The molecule has 0 amide bonds. The van der Waals surface area contributed by atoms with Crippen LogP contribution >= 0.6 is 0 Å². The zero-order valence-corrected chi connectivity index (χ0v) is 8.93. The summed E-state index contributed by atoms with van der Waals surface area (Å²) in [6.07, 6.45) is 4.87. The van der Waals surface area contributed by atoms with Crippen molar-refractivity contribution in [2.24, 2.45) is 0 Å². The third-order valence-electron chi connectivity index (χ3n) is 2.59. The van der Waals surface area contributed by atoms with Crippen molar-refractivity contribution in [2.75, 3.05) is 0 Å². The van der Waals surface area contributed by atoms with E-state index in [1.165, 1.54) is 25.7 Å². The van der Waals surface area contributed by atoms with Crippen LogP contribution in [0.3, 0.4) is 0 Å². The molecule has 1 N–H and O–H groups in total. The van der Waals surface area contributed by atoms with Gasteiger partial charge in [-0.05, 0) is 25.0 Å². The Bertz CT molecular complexity index is 306. The first-order valence-corrected chi connectivity index (χ1v) is 6.24. The molecule has 1 saturated carbocycles. The summed E-state index contributed by atoms with van der Waals surface area (Å²) >= 11 is 0. The molecule has 76 valence electrons. The van der Waals surface area contributed by atoms with E-state index in [4.69, 9.17) is 0 Å². The summed E-state index contributed by atoms with van der Waals surface area (Å²) < 4.78 is 15.0. The van der Waals surface area contributed by atoms with Crippen LogP contribution in [-0.4, -0.2) is 10.3 Å². The molecule has 1 aliphatic carbocycles. The highest BCUT2D eigenvalue weighted by atomic mass is 32.2. The zero-order valence-electron chi connectivity index (χ0n) is 8.11. The number of hydrogen-bond donors (Lipinski definition) is 1. The minimum Gasteiger partial charge on any atom is -0.237 e. The molecule has 0 aliphatic heterocycles. The molecule has 0 radical (unpaired) electrons. The topological polar surface area (TPSA) is 29.1 Å². The molecule has 1 aromatic carbocycles. The second-order valence-corrected chi connectivity index (χ2v) is 4.93. The highest BCUT2D eigenvalue weighted by Gasteiger charge is 2.17. The molecule has 0 heterocycles. The van der Waals surface area contributed by atoms with Gasteiger partial charge in [-0.2, -0.15) is 0 Å². The Morgan fingerprint density at radius 1 is 1.14 bits per heavy atom. The van der Waals surface area contributed by atoms with Gasteiger partial charge in [-0.15, -0.1) is 0 Å². The third kappa shape index (κ3) is 2.42. The van der Waals surface area contributed by atoms with E-state index in [2.05, 4.69) is 4.72 Å². The SMILES string of the molecule is O=S(NC1CCCC1)c1ccccc1. The van der Waals surface area contributed by atoms with Crippen molar-refractivity contribution >= 4 is 11.0 Å². The number of benzene rings is 1. The normalized spacial score (nSPS) is 19.7. The van der Waals surface area contributed by atoms with Gasteiger partial charge in [-0.3, -0.25) is 0 Å². The quantitative estimate of drug-likeness (QED) is 0.812. The van der Waals surface area contributed by atoms with Crippen LogP contribution in [0.25, 0.3) is 0 Å². The highest BCUT2D eigenvalue weighted by Crippen LogP contribution is 2.18. The Hall–Kier alpha value is -0.670. The van der Waals surface area contributed by atoms with Crippen LogP contribution in [0.1, 0.15) is 25.7 Å². The molecule has 2 rings (SSSR count). The van der Waals surface area contributed by atoms with Crippen LogP contribution in [0.15, 0.2) is 35.2 Å². The summed E-state index contributed by atoms with van der Waals surface area (Å²) in [6, 6.07) is 10.0. The predicted octanol–water partition coefficient (Wildman–Crippen LogP) is 2.24. The molecule has 0 saturated heterocycles. The van der Waals surface area contributed by atoms with Crippen molar-refractivity contribution in [3.05, 3.63) is 30.3 Å². The van der Waals surface area contributed by atoms with Crippen molar-refractivity contribution < 1.29 is 4.21 Å². The maximum atomic E-state index is 11.8. The largest absolute Gasteiger partial charge is 0.237 e. The van der Waals surface area contributed by atoms with Gasteiger partial charge in [0.2, 0.25) is 0 Å². The van der Waals surface area contributed by atoms with Crippen LogP contribution < -0.4 is 4.72 Å². The van der Waals surface area contributed by atoms with E-state index >= 15 is 0 Å². The van der Waals surface area contributed by atoms with E-state index in [0.29, 0.717) is 6.04 Å². The van der Waals surface area contributed by atoms with Gasteiger partial charge in [-0.1, -0.05) is 31.0 Å². The molecule has 1 atom stereocenters. The Morgan fingerprint density at radius 3 is 2.43 bits per heavy atom. The minimum atomic E-state index is -1.02. The standard InChI is InChI=1S/C11H15NOS/c13-14(11-8-2-1-3-9-11)12-10-6-4-5-7-10/h1-3,8-10,12H,4-7H2.